The molecule has 9 heteroatoms. The second-order valence-electron chi connectivity index (χ2n) is 5.54. The predicted octanol–water partition coefficient (Wildman–Crippen LogP) is -0.506. The maximum atomic E-state index is 12.2. The van der Waals surface area contributed by atoms with Gasteiger partial charge >= 0.3 is 0 Å². The van der Waals surface area contributed by atoms with Gasteiger partial charge in [-0.2, -0.15) is 0 Å². The number of rotatable bonds is 6. The summed E-state index contributed by atoms with van der Waals surface area (Å²) >= 11 is 0. The highest BCUT2D eigenvalue weighted by molar-refractivity contribution is 7.88. The van der Waals surface area contributed by atoms with Crippen LogP contribution in [0.4, 0.5) is 0 Å². The maximum absolute atomic E-state index is 12.2. The lowest BCUT2D eigenvalue weighted by Gasteiger charge is -2.35. The van der Waals surface area contributed by atoms with Crippen molar-refractivity contribution in [2.75, 3.05) is 32.6 Å². The van der Waals surface area contributed by atoms with Gasteiger partial charge in [-0.15, -0.1) is 0 Å². The maximum Gasteiger partial charge on any atom is 0.238 e. The lowest BCUT2D eigenvalue weighted by molar-refractivity contribution is -0.138. The summed E-state index contributed by atoms with van der Waals surface area (Å²) in [5.41, 5.74) is 1.78. The van der Waals surface area contributed by atoms with E-state index < -0.39 is 10.0 Å². The van der Waals surface area contributed by atoms with Gasteiger partial charge in [0, 0.05) is 18.9 Å². The number of hydrogen-bond acceptors (Lipinski definition) is 6. The van der Waals surface area contributed by atoms with Gasteiger partial charge in [-0.05, 0) is 19.8 Å². The molecule has 0 aliphatic carbocycles. The Balaban J connectivity index is 1.95. The summed E-state index contributed by atoms with van der Waals surface area (Å²) in [5, 5.41) is 0. The number of nitrogens with one attached hydrogen (secondary N) is 1. The van der Waals surface area contributed by atoms with Crippen molar-refractivity contribution in [3.05, 3.63) is 23.8 Å². The minimum absolute atomic E-state index is 0.0842. The Hall–Kier alpha value is -1.58. The van der Waals surface area contributed by atoms with Crippen LogP contribution in [0.15, 0.2) is 12.4 Å². The molecule has 1 aromatic heterocycles. The molecule has 1 amide bonds. The fourth-order valence-corrected chi connectivity index (χ4v) is 2.89. The summed E-state index contributed by atoms with van der Waals surface area (Å²) in [6.45, 7) is 3.06. The fraction of sp³-hybridized carbons (Fsp3) is 0.643. The van der Waals surface area contributed by atoms with Crippen LogP contribution in [-0.4, -0.2) is 67.8 Å². The highest BCUT2D eigenvalue weighted by Crippen LogP contribution is 2.14. The minimum atomic E-state index is -3.38. The van der Waals surface area contributed by atoms with Gasteiger partial charge in [0.15, 0.2) is 0 Å². The summed E-state index contributed by atoms with van der Waals surface area (Å²) in [6, 6.07) is -0.0842. The van der Waals surface area contributed by atoms with Gasteiger partial charge in [0.05, 0.1) is 43.4 Å². The molecule has 1 fully saturated rings. The average molecular weight is 342 g/mol. The Morgan fingerprint density at radius 1 is 1.43 bits per heavy atom. The van der Waals surface area contributed by atoms with Crippen molar-refractivity contribution >= 4 is 15.9 Å². The molecule has 0 spiro atoms. The Morgan fingerprint density at radius 3 is 2.87 bits per heavy atom. The topological polar surface area (TPSA) is 101 Å². The number of sulfonamides is 1. The first-order valence-electron chi connectivity index (χ1n) is 7.45. The molecule has 0 aromatic carbocycles. The van der Waals surface area contributed by atoms with Gasteiger partial charge in [0.1, 0.15) is 0 Å². The monoisotopic (exact) mass is 342 g/mol. The van der Waals surface area contributed by atoms with E-state index in [1.54, 1.807) is 17.3 Å². The van der Waals surface area contributed by atoms with E-state index >= 15 is 0 Å². The Labute approximate surface area is 136 Å². The predicted molar refractivity (Wildman–Crippen MR) is 84.3 cm³/mol. The van der Waals surface area contributed by atoms with Crippen molar-refractivity contribution in [1.82, 2.24) is 19.6 Å². The molecule has 2 heterocycles. The van der Waals surface area contributed by atoms with Crippen LogP contribution in [0, 0.1) is 6.92 Å². The molecule has 1 atom stereocenters. The van der Waals surface area contributed by atoms with Crippen molar-refractivity contribution in [3.8, 4) is 0 Å². The van der Waals surface area contributed by atoms with Crippen LogP contribution >= 0.6 is 0 Å². The number of carbonyl (C=O) groups is 1. The third-order valence-corrected chi connectivity index (χ3v) is 4.40. The van der Waals surface area contributed by atoms with Crippen molar-refractivity contribution in [2.24, 2.45) is 0 Å². The van der Waals surface area contributed by atoms with Gasteiger partial charge in [0.2, 0.25) is 15.9 Å². The molecule has 1 aromatic rings. The highest BCUT2D eigenvalue weighted by Gasteiger charge is 2.27. The summed E-state index contributed by atoms with van der Waals surface area (Å²) in [7, 11) is -3.38. The van der Waals surface area contributed by atoms with Crippen LogP contribution in [0.1, 0.15) is 17.8 Å². The molecule has 1 saturated heterocycles. The molecule has 1 aliphatic rings. The lowest BCUT2D eigenvalue weighted by Crippen LogP contribution is -2.51. The fourth-order valence-electron chi connectivity index (χ4n) is 2.50. The number of ether oxygens (including phenoxy) is 1. The van der Waals surface area contributed by atoms with Crippen molar-refractivity contribution in [1.29, 1.82) is 0 Å². The van der Waals surface area contributed by atoms with Crippen LogP contribution in [0.3, 0.4) is 0 Å². The number of aromatic nitrogens is 2. The molecule has 128 valence electrons. The summed E-state index contributed by atoms with van der Waals surface area (Å²) in [4.78, 5) is 22.4. The van der Waals surface area contributed by atoms with Crippen LogP contribution in [0.2, 0.25) is 0 Å². The van der Waals surface area contributed by atoms with Crippen molar-refractivity contribution in [3.63, 3.8) is 0 Å². The van der Waals surface area contributed by atoms with Crippen LogP contribution in [0.5, 0.6) is 0 Å². The summed E-state index contributed by atoms with van der Waals surface area (Å²) in [6.07, 6.45) is 5.73. The second-order valence-corrected chi connectivity index (χ2v) is 7.37. The first-order chi connectivity index (χ1) is 10.9. The zero-order valence-electron chi connectivity index (χ0n) is 13.4. The number of morpholine rings is 1. The molecule has 23 heavy (non-hydrogen) atoms. The van der Waals surface area contributed by atoms with E-state index in [2.05, 4.69) is 14.7 Å². The molecular formula is C14H22N4O4S. The normalized spacial score (nSPS) is 18.9. The van der Waals surface area contributed by atoms with E-state index in [1.165, 1.54) is 0 Å². The van der Waals surface area contributed by atoms with Gasteiger partial charge < -0.3 is 9.64 Å². The smallest absolute Gasteiger partial charge is 0.238 e. The number of carbonyl (C=O) groups excluding carboxylic acids is 1. The SMILES string of the molecule is Cc1nccnc1CC[C@H]1COCCN1C(=O)CNS(C)(=O)=O. The Bertz CT molecular complexity index is 650. The zero-order chi connectivity index (χ0) is 16.9. The summed E-state index contributed by atoms with van der Waals surface area (Å²) < 4.78 is 30.0. The lowest BCUT2D eigenvalue weighted by atomic mass is 10.1. The number of hydrogen-bond donors (Lipinski definition) is 1. The van der Waals surface area contributed by atoms with Crippen LogP contribution in [-0.2, 0) is 26.0 Å². The Kier molecular flexibility index (Phi) is 6.03. The zero-order valence-corrected chi connectivity index (χ0v) is 14.2. The van der Waals surface area contributed by atoms with Crippen LogP contribution < -0.4 is 4.72 Å². The molecule has 0 bridgehead atoms. The standard InChI is InChI=1S/C14H22N4O4S/c1-11-13(16-6-5-15-11)4-3-12-10-22-8-7-18(12)14(19)9-17-23(2,20)21/h5-6,12,17H,3-4,7-10H2,1-2H3/t12-/m0/s1. The molecule has 8 nitrogen and oxygen atoms in total. The minimum Gasteiger partial charge on any atom is -0.377 e. The third kappa shape index (κ3) is 5.52. The molecule has 0 radical (unpaired) electrons. The van der Waals surface area contributed by atoms with E-state index in [-0.39, 0.29) is 18.5 Å². The van der Waals surface area contributed by atoms with Gasteiger partial charge in [-0.1, -0.05) is 0 Å². The second kappa shape index (κ2) is 7.80. The van der Waals surface area contributed by atoms with E-state index in [9.17, 15) is 13.2 Å². The molecule has 0 unspecified atom stereocenters. The number of aryl methyl sites for hydroxylation is 2. The van der Waals surface area contributed by atoms with E-state index in [0.717, 1.165) is 17.6 Å². The van der Waals surface area contributed by atoms with E-state index in [1.807, 2.05) is 6.92 Å². The van der Waals surface area contributed by atoms with Crippen LogP contribution in [0.25, 0.3) is 0 Å². The van der Waals surface area contributed by atoms with Gasteiger partial charge in [0.25, 0.3) is 0 Å². The third-order valence-electron chi connectivity index (χ3n) is 3.73. The first-order valence-corrected chi connectivity index (χ1v) is 9.34. The molecule has 1 aliphatic heterocycles. The number of amides is 1. The Morgan fingerprint density at radius 2 is 2.17 bits per heavy atom. The molecule has 1 N–H and O–H groups in total. The first kappa shape index (κ1) is 17.8. The van der Waals surface area contributed by atoms with Gasteiger partial charge in [-0.3, -0.25) is 14.8 Å². The van der Waals surface area contributed by atoms with E-state index in [0.29, 0.717) is 32.6 Å². The van der Waals surface area contributed by atoms with Gasteiger partial charge in [-0.25, -0.2) is 13.1 Å². The average Bonchev–Trinajstić information content (AvgIpc) is 2.51. The summed E-state index contributed by atoms with van der Waals surface area (Å²) in [5.74, 6) is -0.236. The van der Waals surface area contributed by atoms with Crippen molar-refractivity contribution in [2.45, 2.75) is 25.8 Å². The van der Waals surface area contributed by atoms with Crippen molar-refractivity contribution < 1.29 is 17.9 Å². The largest absolute Gasteiger partial charge is 0.377 e. The number of nitrogens with zero attached hydrogens (tertiary/aromatic N) is 3. The molecule has 2 rings (SSSR count). The quantitative estimate of drug-likeness (QED) is 0.747. The molecule has 0 saturated carbocycles. The van der Waals surface area contributed by atoms with E-state index in [4.69, 9.17) is 4.74 Å². The highest BCUT2D eigenvalue weighted by atomic mass is 32.2. The molecular weight excluding hydrogens is 320 g/mol.